The van der Waals surface area contributed by atoms with Crippen LogP contribution in [0.25, 0.3) is 0 Å². The first-order chi connectivity index (χ1) is 11.0. The van der Waals surface area contributed by atoms with Crippen molar-refractivity contribution in [2.75, 3.05) is 18.5 Å². The van der Waals surface area contributed by atoms with Crippen LogP contribution < -0.4 is 11.1 Å². The molecule has 8 heteroatoms. The minimum atomic E-state index is -0.716. The summed E-state index contributed by atoms with van der Waals surface area (Å²) in [5.41, 5.74) is 5.56. The normalized spacial score (nSPS) is 26.2. The fourth-order valence-corrected chi connectivity index (χ4v) is 3.59. The van der Waals surface area contributed by atoms with Gasteiger partial charge in [0.25, 0.3) is 6.47 Å². The van der Waals surface area contributed by atoms with Crippen LogP contribution in [0.4, 0.5) is 5.82 Å². The van der Waals surface area contributed by atoms with Crippen molar-refractivity contribution in [3.8, 4) is 0 Å². The molecule has 138 valence electrons. The Morgan fingerprint density at radius 3 is 2.62 bits per heavy atom. The number of nitrogens with one attached hydrogen (secondary N) is 1. The lowest BCUT2D eigenvalue weighted by Crippen LogP contribution is -2.57. The lowest BCUT2D eigenvalue weighted by atomic mass is 9.76. The molecule has 24 heavy (non-hydrogen) atoms. The van der Waals surface area contributed by atoms with Crippen molar-refractivity contribution in [2.45, 2.75) is 57.7 Å². The first kappa shape index (κ1) is 20.8. The van der Waals surface area contributed by atoms with Gasteiger partial charge in [0, 0.05) is 23.4 Å². The smallest absolute Gasteiger partial charge is 0.290 e. The van der Waals surface area contributed by atoms with Crippen LogP contribution in [0, 0.1) is 5.92 Å². The average Bonchev–Trinajstić information content (AvgIpc) is 2.89. The van der Waals surface area contributed by atoms with Gasteiger partial charge in [0.05, 0.1) is 17.7 Å². The summed E-state index contributed by atoms with van der Waals surface area (Å²) in [6.07, 6.45) is 0.724. The fraction of sp³-hybridized carbons (Fsp3) is 0.750. The molecule has 1 aliphatic rings. The van der Waals surface area contributed by atoms with Crippen LogP contribution in [0.3, 0.4) is 0 Å². The molecule has 0 bridgehead atoms. The molecule has 0 aliphatic carbocycles. The number of aromatic nitrogens is 1. The molecular formula is C16H29N3O4S. The van der Waals surface area contributed by atoms with Crippen molar-refractivity contribution in [2.24, 2.45) is 11.7 Å². The van der Waals surface area contributed by atoms with Crippen LogP contribution in [-0.4, -0.2) is 46.0 Å². The summed E-state index contributed by atoms with van der Waals surface area (Å²) < 4.78 is 5.89. The molecule has 0 amide bonds. The molecule has 5 N–H and O–H groups in total. The van der Waals surface area contributed by atoms with Gasteiger partial charge in [-0.25, -0.2) is 4.98 Å². The summed E-state index contributed by atoms with van der Waals surface area (Å²) in [5.74, 6) is 0.781. The minimum absolute atomic E-state index is 0.0464. The van der Waals surface area contributed by atoms with Crippen LogP contribution in [-0.2, 0) is 15.1 Å². The number of thiazole rings is 1. The Bertz CT molecular complexity index is 542. The van der Waals surface area contributed by atoms with E-state index in [0.29, 0.717) is 6.61 Å². The van der Waals surface area contributed by atoms with E-state index in [1.807, 2.05) is 19.2 Å². The molecule has 1 aliphatic heterocycles. The maximum atomic E-state index is 9.74. The van der Waals surface area contributed by atoms with Gasteiger partial charge in [-0.15, -0.1) is 11.3 Å². The first-order valence-corrected chi connectivity index (χ1v) is 8.71. The molecule has 0 aromatic carbocycles. The summed E-state index contributed by atoms with van der Waals surface area (Å²) in [4.78, 5) is 13.0. The van der Waals surface area contributed by atoms with Gasteiger partial charge in [-0.2, -0.15) is 0 Å². The van der Waals surface area contributed by atoms with Crippen LogP contribution in [0.5, 0.6) is 0 Å². The highest BCUT2D eigenvalue weighted by Crippen LogP contribution is 2.41. The molecular weight excluding hydrogens is 330 g/mol. The largest absolute Gasteiger partial charge is 0.483 e. The number of anilines is 1. The molecule has 7 nitrogen and oxygen atoms in total. The number of aliphatic hydroxyl groups is 1. The van der Waals surface area contributed by atoms with Crippen LogP contribution in [0.15, 0.2) is 5.38 Å². The molecule has 0 spiro atoms. The molecule has 0 saturated carbocycles. The summed E-state index contributed by atoms with van der Waals surface area (Å²) in [7, 11) is 0. The second-order valence-corrected chi connectivity index (χ2v) is 8.55. The van der Waals surface area contributed by atoms with Gasteiger partial charge >= 0.3 is 0 Å². The predicted molar refractivity (Wildman–Crippen MR) is 95.3 cm³/mol. The summed E-state index contributed by atoms with van der Waals surface area (Å²) in [6.45, 7) is 10.5. The van der Waals surface area contributed by atoms with Crippen LogP contribution >= 0.6 is 11.3 Å². The highest BCUT2D eigenvalue weighted by atomic mass is 32.1. The molecule has 2 unspecified atom stereocenters. The Morgan fingerprint density at radius 1 is 1.54 bits per heavy atom. The van der Waals surface area contributed by atoms with Gasteiger partial charge in [-0.1, -0.05) is 0 Å². The first-order valence-electron chi connectivity index (χ1n) is 7.83. The Labute approximate surface area is 147 Å². The van der Waals surface area contributed by atoms with E-state index in [9.17, 15) is 5.11 Å². The topological polar surface area (TPSA) is 118 Å². The van der Waals surface area contributed by atoms with Crippen molar-refractivity contribution in [3.63, 3.8) is 0 Å². The molecule has 1 aromatic heterocycles. The van der Waals surface area contributed by atoms with Gasteiger partial charge in [0.15, 0.2) is 0 Å². The molecule has 2 atom stereocenters. The number of rotatable bonds is 3. The Morgan fingerprint density at radius 2 is 2.12 bits per heavy atom. The molecule has 0 radical (unpaired) electrons. The third-order valence-electron chi connectivity index (χ3n) is 3.79. The number of carbonyl (C=O) groups is 1. The van der Waals surface area contributed by atoms with E-state index in [1.54, 1.807) is 0 Å². The van der Waals surface area contributed by atoms with Crippen molar-refractivity contribution in [3.05, 3.63) is 10.4 Å². The second-order valence-electron chi connectivity index (χ2n) is 7.69. The van der Waals surface area contributed by atoms with Gasteiger partial charge in [-0.3, -0.25) is 4.79 Å². The Balaban J connectivity index is 0.000000891. The third-order valence-corrected chi connectivity index (χ3v) is 4.83. The zero-order valence-corrected chi connectivity index (χ0v) is 15.8. The highest BCUT2D eigenvalue weighted by Gasteiger charge is 2.47. The lowest BCUT2D eigenvalue weighted by molar-refractivity contribution is -0.124. The van der Waals surface area contributed by atoms with E-state index < -0.39 is 5.54 Å². The van der Waals surface area contributed by atoms with Crippen molar-refractivity contribution in [1.82, 2.24) is 4.98 Å². The number of hydrogen-bond acceptors (Lipinski definition) is 7. The van der Waals surface area contributed by atoms with Gasteiger partial charge in [-0.05, 0) is 41.0 Å². The maximum absolute atomic E-state index is 9.74. The number of carboxylic acid groups (broad SMARTS) is 1. The van der Waals surface area contributed by atoms with Crippen molar-refractivity contribution >= 4 is 23.6 Å². The average molecular weight is 359 g/mol. The molecule has 1 aromatic rings. The molecule has 1 saturated heterocycles. The highest BCUT2D eigenvalue weighted by molar-refractivity contribution is 7.10. The van der Waals surface area contributed by atoms with Crippen LogP contribution in [0.2, 0.25) is 0 Å². The van der Waals surface area contributed by atoms with Crippen molar-refractivity contribution < 1.29 is 19.7 Å². The minimum Gasteiger partial charge on any atom is -0.483 e. The van der Waals surface area contributed by atoms with Crippen molar-refractivity contribution in [1.29, 1.82) is 0 Å². The van der Waals surface area contributed by atoms with E-state index >= 15 is 0 Å². The number of aliphatic hydroxyl groups excluding tert-OH is 1. The van der Waals surface area contributed by atoms with E-state index in [1.165, 1.54) is 11.3 Å². The van der Waals surface area contributed by atoms with E-state index in [-0.39, 0.29) is 30.1 Å². The summed E-state index contributed by atoms with van der Waals surface area (Å²) in [6, 6.07) is 0. The number of nitrogens with zero attached hydrogens (tertiary/aromatic N) is 1. The van der Waals surface area contributed by atoms with Gasteiger partial charge < -0.3 is 26.0 Å². The lowest BCUT2D eigenvalue weighted by Gasteiger charge is -2.45. The number of nitrogens with two attached hydrogens (primary N) is 1. The van der Waals surface area contributed by atoms with Gasteiger partial charge in [0.2, 0.25) is 0 Å². The Hall–Kier alpha value is -1.22. The second kappa shape index (κ2) is 7.77. The van der Waals surface area contributed by atoms with Crippen LogP contribution in [0.1, 0.15) is 46.0 Å². The standard InChI is InChI=1S/C15H27N3O2S.CH2O2/c1-13(2,3)18-11-8-21-12(17-11)15(16)9-20-14(4,5)6-10(15)7-19;2-1-3/h8,10,18-19H,6-7,9,16H2,1-5H3;1H,(H,2,3). The van der Waals surface area contributed by atoms with Gasteiger partial charge in [0.1, 0.15) is 10.8 Å². The maximum Gasteiger partial charge on any atom is 0.290 e. The monoisotopic (exact) mass is 359 g/mol. The predicted octanol–water partition coefficient (Wildman–Crippen LogP) is 2.02. The quantitative estimate of drug-likeness (QED) is 0.610. The van der Waals surface area contributed by atoms with E-state index in [2.05, 4.69) is 31.1 Å². The molecule has 1 fully saturated rings. The fourth-order valence-electron chi connectivity index (χ4n) is 2.66. The van der Waals surface area contributed by atoms with E-state index in [4.69, 9.17) is 20.4 Å². The van der Waals surface area contributed by atoms with E-state index in [0.717, 1.165) is 17.2 Å². The summed E-state index contributed by atoms with van der Waals surface area (Å²) in [5, 5.41) is 22.8. The third kappa shape index (κ3) is 5.41. The zero-order valence-electron chi connectivity index (χ0n) is 15.0. The zero-order chi connectivity index (χ0) is 18.6. The molecule has 2 heterocycles. The summed E-state index contributed by atoms with van der Waals surface area (Å²) >= 11 is 1.53. The SMILES string of the molecule is CC(C)(C)Nc1csc(C2(N)COC(C)(C)CC2CO)n1.O=CO. The molecule has 2 rings (SSSR count). The number of hydrogen-bond donors (Lipinski definition) is 4. The Kier molecular flexibility index (Phi) is 6.75. The number of ether oxygens (including phenoxy) is 1.